The molecule has 12 heteroatoms. The van der Waals surface area contributed by atoms with Crippen LogP contribution in [0.5, 0.6) is 0 Å². The van der Waals surface area contributed by atoms with E-state index in [1.807, 2.05) is 0 Å². The number of piperidine rings is 1. The Kier molecular flexibility index (Phi) is 7.92. The summed E-state index contributed by atoms with van der Waals surface area (Å²) in [4.78, 5) is 27.1. The first-order valence-corrected chi connectivity index (χ1v) is 11.8. The van der Waals surface area contributed by atoms with E-state index in [9.17, 15) is 18.0 Å². The highest BCUT2D eigenvalue weighted by Crippen LogP contribution is 2.22. The maximum absolute atomic E-state index is 11.9. The third-order valence-corrected chi connectivity index (χ3v) is 5.34. The minimum Gasteiger partial charge on any atom is -0.444 e. The molecule has 2 saturated heterocycles. The van der Waals surface area contributed by atoms with Crippen molar-refractivity contribution in [2.75, 3.05) is 39.0 Å². The number of carbonyl (C=O) groups excluding carboxylic acids is 2. The average Bonchev–Trinajstić information content (AvgIpc) is 2.96. The van der Waals surface area contributed by atoms with Crippen LogP contribution in [0.1, 0.15) is 40.0 Å². The number of nitrogens with zero attached hydrogens (tertiary/aromatic N) is 2. The summed E-state index contributed by atoms with van der Waals surface area (Å²) < 4.78 is 37.1. The van der Waals surface area contributed by atoms with Crippen LogP contribution in [0.4, 0.5) is 9.59 Å². The van der Waals surface area contributed by atoms with Gasteiger partial charge in [-0.15, -0.1) is 0 Å². The Hall–Kier alpha value is -2.08. The number of rotatable bonds is 6. The van der Waals surface area contributed by atoms with Gasteiger partial charge in [0.2, 0.25) is 5.96 Å². The molecule has 2 fully saturated rings. The smallest absolute Gasteiger partial charge is 0.414 e. The Morgan fingerprint density at radius 3 is 2.50 bits per heavy atom. The fourth-order valence-corrected chi connectivity index (χ4v) is 3.71. The van der Waals surface area contributed by atoms with Crippen LogP contribution in [-0.2, 0) is 23.8 Å². The van der Waals surface area contributed by atoms with Crippen molar-refractivity contribution in [3.05, 3.63) is 0 Å². The van der Waals surface area contributed by atoms with Crippen molar-refractivity contribution in [1.82, 2.24) is 15.1 Å². The molecule has 2 amide bonds. The first-order chi connectivity index (χ1) is 13.8. The van der Waals surface area contributed by atoms with Crippen molar-refractivity contribution in [3.63, 3.8) is 0 Å². The van der Waals surface area contributed by atoms with Gasteiger partial charge in [-0.05, 0) is 46.0 Å². The summed E-state index contributed by atoms with van der Waals surface area (Å²) in [6.07, 6.45) is 1.72. The minimum absolute atomic E-state index is 0.0274. The molecule has 2 aliphatic rings. The number of carbonyl (C=O) groups is 2. The van der Waals surface area contributed by atoms with Crippen LogP contribution in [0.2, 0.25) is 0 Å². The monoisotopic (exact) mass is 448 g/mol. The van der Waals surface area contributed by atoms with E-state index in [0.717, 1.165) is 25.5 Å². The van der Waals surface area contributed by atoms with Gasteiger partial charge in [-0.1, -0.05) is 0 Å². The molecule has 0 radical (unpaired) electrons. The molecule has 1 unspecified atom stereocenters. The number of cyclic esters (lactones) is 1. The number of hydrogen-bond donors (Lipinski definition) is 2. The maximum atomic E-state index is 11.9. The van der Waals surface area contributed by atoms with E-state index in [2.05, 4.69) is 5.32 Å². The zero-order chi connectivity index (χ0) is 22.5. The summed E-state index contributed by atoms with van der Waals surface area (Å²) in [5, 5.41) is 10.5. The second-order valence-electron chi connectivity index (χ2n) is 8.64. The lowest BCUT2D eigenvalue weighted by Crippen LogP contribution is -2.48. The van der Waals surface area contributed by atoms with E-state index in [-0.39, 0.29) is 12.6 Å². The van der Waals surface area contributed by atoms with Gasteiger partial charge in [0.1, 0.15) is 18.3 Å². The van der Waals surface area contributed by atoms with E-state index in [1.165, 1.54) is 0 Å². The minimum atomic E-state index is -3.57. The zero-order valence-electron chi connectivity index (χ0n) is 18.0. The van der Waals surface area contributed by atoms with E-state index in [4.69, 9.17) is 19.1 Å². The number of nitrogens with one attached hydrogen (secondary N) is 2. The van der Waals surface area contributed by atoms with Crippen LogP contribution in [0.3, 0.4) is 0 Å². The quantitative estimate of drug-likeness (QED) is 0.353. The fourth-order valence-electron chi connectivity index (χ4n) is 3.31. The van der Waals surface area contributed by atoms with Gasteiger partial charge >= 0.3 is 12.2 Å². The summed E-state index contributed by atoms with van der Waals surface area (Å²) in [7, 11) is -3.57. The number of hydrogen-bond acceptors (Lipinski definition) is 8. The Morgan fingerprint density at radius 1 is 1.30 bits per heavy atom. The van der Waals surface area contributed by atoms with Crippen molar-refractivity contribution in [3.8, 4) is 0 Å². The average molecular weight is 449 g/mol. The number of likely N-dealkylation sites (tertiary alicyclic amines) is 1. The highest BCUT2D eigenvalue weighted by Gasteiger charge is 2.33. The first kappa shape index (κ1) is 24.2. The molecule has 172 valence electrons. The number of amides is 2. The predicted molar refractivity (Wildman–Crippen MR) is 109 cm³/mol. The van der Waals surface area contributed by atoms with Gasteiger partial charge in [0, 0.05) is 19.6 Å². The molecule has 0 bridgehead atoms. The molecule has 30 heavy (non-hydrogen) atoms. The molecular weight excluding hydrogens is 416 g/mol. The Balaban J connectivity index is 1.68. The summed E-state index contributed by atoms with van der Waals surface area (Å²) in [6, 6.07) is 0. The van der Waals surface area contributed by atoms with Gasteiger partial charge in [0.05, 0.1) is 12.8 Å². The molecule has 0 aliphatic carbocycles. The Morgan fingerprint density at radius 2 is 1.93 bits per heavy atom. The number of guanidine groups is 1. The topological polar surface area (TPSA) is 138 Å². The fraction of sp³-hybridized carbons (Fsp3) is 0.833. The third kappa shape index (κ3) is 8.34. The van der Waals surface area contributed by atoms with Crippen LogP contribution in [0.15, 0.2) is 0 Å². The lowest BCUT2D eigenvalue weighted by atomic mass is 9.93. The van der Waals surface area contributed by atoms with Gasteiger partial charge in [-0.2, -0.15) is 8.42 Å². The van der Waals surface area contributed by atoms with Gasteiger partial charge in [-0.3, -0.25) is 14.9 Å². The molecule has 2 rings (SSSR count). The van der Waals surface area contributed by atoms with Gasteiger partial charge in [-0.25, -0.2) is 9.59 Å². The lowest BCUT2D eigenvalue weighted by molar-refractivity contribution is 0.0554. The Bertz CT molecular complexity index is 742. The highest BCUT2D eigenvalue weighted by atomic mass is 32.2. The standard InChI is InChI=1S/C18H32N4O7S/c1-18(2,3)29-16(23)20-15(19)21-8-5-13(6-9-21)7-10-22-11-14(28-17(22)24)12-27-30(4,25)26/h13-14H,5-12H2,1-4H3,(H2,19,20,23). The van der Waals surface area contributed by atoms with Crippen molar-refractivity contribution in [2.45, 2.75) is 51.7 Å². The third-order valence-electron chi connectivity index (χ3n) is 4.78. The molecule has 0 spiro atoms. The zero-order valence-corrected chi connectivity index (χ0v) is 18.8. The highest BCUT2D eigenvalue weighted by molar-refractivity contribution is 7.85. The van der Waals surface area contributed by atoms with E-state index >= 15 is 0 Å². The molecule has 2 aliphatic heterocycles. The molecule has 2 heterocycles. The van der Waals surface area contributed by atoms with E-state index in [1.54, 1.807) is 30.6 Å². The van der Waals surface area contributed by atoms with Crippen molar-refractivity contribution in [1.29, 1.82) is 5.41 Å². The van der Waals surface area contributed by atoms with Crippen LogP contribution in [-0.4, -0.2) is 87.1 Å². The maximum Gasteiger partial charge on any atom is 0.414 e. The van der Waals surface area contributed by atoms with Crippen molar-refractivity contribution in [2.24, 2.45) is 5.92 Å². The second-order valence-corrected chi connectivity index (χ2v) is 10.3. The number of ether oxygens (including phenoxy) is 2. The molecule has 1 atom stereocenters. The summed E-state index contributed by atoms with van der Waals surface area (Å²) in [6.45, 7) is 7.20. The van der Waals surface area contributed by atoms with Gasteiger partial charge < -0.3 is 19.3 Å². The summed E-state index contributed by atoms with van der Waals surface area (Å²) in [5.41, 5.74) is -0.621. The van der Waals surface area contributed by atoms with Crippen LogP contribution in [0.25, 0.3) is 0 Å². The molecular formula is C18H32N4O7S. The van der Waals surface area contributed by atoms with Gasteiger partial charge in [0.25, 0.3) is 10.1 Å². The van der Waals surface area contributed by atoms with E-state index < -0.39 is 34.0 Å². The van der Waals surface area contributed by atoms with Crippen molar-refractivity contribution >= 4 is 28.3 Å². The first-order valence-electron chi connectivity index (χ1n) is 9.96. The van der Waals surface area contributed by atoms with Crippen LogP contribution >= 0.6 is 0 Å². The van der Waals surface area contributed by atoms with Crippen molar-refractivity contribution < 1.29 is 31.7 Å². The predicted octanol–water partition coefficient (Wildman–Crippen LogP) is 1.34. The largest absolute Gasteiger partial charge is 0.444 e. The molecule has 0 aromatic rings. The molecule has 0 aromatic carbocycles. The Labute approximate surface area is 177 Å². The normalized spacial score (nSPS) is 20.8. The summed E-state index contributed by atoms with van der Waals surface area (Å²) >= 11 is 0. The van der Waals surface area contributed by atoms with Crippen LogP contribution in [0, 0.1) is 11.3 Å². The number of alkyl carbamates (subject to hydrolysis) is 1. The van der Waals surface area contributed by atoms with Crippen LogP contribution < -0.4 is 5.32 Å². The lowest BCUT2D eigenvalue weighted by Gasteiger charge is -2.34. The second kappa shape index (κ2) is 9.82. The summed E-state index contributed by atoms with van der Waals surface area (Å²) in [5.74, 6) is 0.411. The van der Waals surface area contributed by atoms with E-state index in [0.29, 0.717) is 32.1 Å². The molecule has 0 saturated carbocycles. The molecule has 2 N–H and O–H groups in total. The SMILES string of the molecule is CC(C)(C)OC(=O)NC(=N)N1CCC(CCN2CC(COS(C)(=O)=O)OC2=O)CC1. The molecule has 11 nitrogen and oxygen atoms in total. The molecule has 0 aromatic heterocycles. The van der Waals surface area contributed by atoms with Gasteiger partial charge in [0.15, 0.2) is 0 Å².